The summed E-state index contributed by atoms with van der Waals surface area (Å²) in [5.74, 6) is -0.132. The number of amidine groups is 1. The number of nitrogen functional groups attached to an aromatic ring is 1. The largest absolute Gasteiger partial charge is 0.386 e. The van der Waals surface area contributed by atoms with E-state index in [1.165, 1.54) is 0 Å². The minimum Gasteiger partial charge on any atom is -0.386 e. The molecule has 10 heteroatoms. The average molecular weight is 691 g/mol. The highest BCUT2D eigenvalue weighted by molar-refractivity contribution is 7.91. The van der Waals surface area contributed by atoms with Gasteiger partial charge in [0.05, 0.1) is 22.4 Å². The fourth-order valence-corrected chi connectivity index (χ4v) is 9.46. The number of nitrogens with two attached hydrogens (primary N) is 2. The minimum atomic E-state index is -3.89. The molecule has 0 aromatic heterocycles. The van der Waals surface area contributed by atoms with Gasteiger partial charge in [-0.15, -0.1) is 0 Å². The lowest BCUT2D eigenvalue weighted by molar-refractivity contribution is -0.136. The van der Waals surface area contributed by atoms with Gasteiger partial charge >= 0.3 is 0 Å². The van der Waals surface area contributed by atoms with Crippen molar-refractivity contribution in [2.75, 3.05) is 45.0 Å². The highest BCUT2D eigenvalue weighted by atomic mass is 32.2. The maximum atomic E-state index is 14.6. The average Bonchev–Trinajstić information content (AvgIpc) is 3.06. The molecule has 0 bridgehead atoms. The maximum Gasteiger partial charge on any atom is 0.227 e. The Labute approximate surface area is 294 Å². The molecule has 2 aromatic rings. The molecule has 2 saturated heterocycles. The lowest BCUT2D eigenvalue weighted by atomic mass is 9.89. The van der Waals surface area contributed by atoms with Crippen LogP contribution < -0.4 is 11.5 Å². The number of nitrogens with zero attached hydrogens (tertiary/aromatic N) is 3. The van der Waals surface area contributed by atoms with Crippen LogP contribution in [0.3, 0.4) is 0 Å². The van der Waals surface area contributed by atoms with Crippen molar-refractivity contribution in [3.8, 4) is 0 Å². The van der Waals surface area contributed by atoms with Crippen molar-refractivity contribution in [2.45, 2.75) is 83.5 Å². The number of benzene rings is 2. The molecule has 268 valence electrons. The first-order valence-corrected chi connectivity index (χ1v) is 19.4. The van der Waals surface area contributed by atoms with Gasteiger partial charge in [-0.3, -0.25) is 10.2 Å². The SMILES string of the molecule is C=C(N)N1CCC(C(=C)N2CCN(C(=O)C(Cc3cccc(C(=N)N)c3)CS(=O)(=O)c3c(C(C)C)cc(C(C)C)cc3C(C)C)CC2)CC1. The van der Waals surface area contributed by atoms with Gasteiger partial charge in [-0.2, -0.15) is 0 Å². The molecule has 1 unspecified atom stereocenters. The Hall–Kier alpha value is -3.79. The third-order valence-corrected chi connectivity index (χ3v) is 12.2. The van der Waals surface area contributed by atoms with Crippen LogP contribution in [0.15, 0.2) is 66.0 Å². The summed E-state index contributed by atoms with van der Waals surface area (Å²) in [5, 5.41) is 7.93. The van der Waals surface area contributed by atoms with Crippen LogP contribution in [0.5, 0.6) is 0 Å². The van der Waals surface area contributed by atoms with E-state index < -0.39 is 15.8 Å². The van der Waals surface area contributed by atoms with Crippen molar-refractivity contribution >= 4 is 21.6 Å². The molecule has 0 spiro atoms. The second kappa shape index (κ2) is 15.8. The Morgan fingerprint density at radius 3 is 1.88 bits per heavy atom. The number of hydrogen-bond donors (Lipinski definition) is 3. The van der Waals surface area contributed by atoms with Crippen LogP contribution in [0.2, 0.25) is 0 Å². The van der Waals surface area contributed by atoms with Gasteiger partial charge in [0.25, 0.3) is 0 Å². The van der Waals surface area contributed by atoms with Crippen molar-refractivity contribution in [1.29, 1.82) is 5.41 Å². The number of hydrogen-bond acceptors (Lipinski definition) is 7. The number of amides is 1. The van der Waals surface area contributed by atoms with E-state index in [4.69, 9.17) is 16.9 Å². The molecule has 0 aliphatic carbocycles. The molecule has 2 fully saturated rings. The fourth-order valence-electron chi connectivity index (χ4n) is 7.20. The summed E-state index contributed by atoms with van der Waals surface area (Å²) in [6.07, 6.45) is 2.15. The molecule has 5 N–H and O–H groups in total. The van der Waals surface area contributed by atoms with Crippen LogP contribution >= 0.6 is 0 Å². The standard InChI is InChI=1S/C39H58N6O3S/c1-25(2)33-22-35(26(3)4)37(36(23-33)27(5)6)49(47,48)24-34(21-30-10-9-11-32(20-30)38(41)42)39(46)45-18-16-43(17-19-45)28(7)31-12-14-44(15-13-31)29(8)40/h9-11,20,22-23,25-27,31,34H,7-8,12-19,21,24,40H2,1-6H3,(H3,41,42). The predicted octanol–water partition coefficient (Wildman–Crippen LogP) is 5.77. The molecule has 49 heavy (non-hydrogen) atoms. The quantitative estimate of drug-likeness (QED) is 0.179. The fraction of sp³-hybridized carbons (Fsp3) is 0.538. The van der Waals surface area contributed by atoms with E-state index in [1.807, 2.05) is 50.8 Å². The molecular weight excluding hydrogens is 633 g/mol. The summed E-state index contributed by atoms with van der Waals surface area (Å²) in [6.45, 7) is 24.7. The summed E-state index contributed by atoms with van der Waals surface area (Å²) in [6, 6.07) is 11.3. The zero-order valence-electron chi connectivity index (χ0n) is 30.5. The molecule has 2 aliphatic rings. The predicted molar refractivity (Wildman–Crippen MR) is 200 cm³/mol. The van der Waals surface area contributed by atoms with Gasteiger partial charge in [0.15, 0.2) is 9.84 Å². The Kier molecular flexibility index (Phi) is 12.3. The molecule has 1 amide bonds. The Bertz CT molecular complexity index is 1620. The van der Waals surface area contributed by atoms with Crippen molar-refractivity contribution in [1.82, 2.24) is 14.7 Å². The first kappa shape index (κ1) is 38.0. The summed E-state index contributed by atoms with van der Waals surface area (Å²) in [7, 11) is -3.89. The normalized spacial score (nSPS) is 16.8. The van der Waals surface area contributed by atoms with Gasteiger partial charge in [-0.1, -0.05) is 85.0 Å². The molecule has 0 saturated carbocycles. The van der Waals surface area contributed by atoms with Crippen LogP contribution in [0, 0.1) is 17.2 Å². The minimum absolute atomic E-state index is 0.00934. The first-order chi connectivity index (χ1) is 23.0. The Morgan fingerprint density at radius 1 is 0.837 bits per heavy atom. The number of likely N-dealkylation sites (tertiary alicyclic amines) is 1. The second-order valence-corrected chi connectivity index (χ2v) is 16.8. The Morgan fingerprint density at radius 2 is 1.39 bits per heavy atom. The van der Waals surface area contributed by atoms with E-state index in [0.29, 0.717) is 48.4 Å². The van der Waals surface area contributed by atoms with E-state index in [0.717, 1.165) is 53.9 Å². The van der Waals surface area contributed by atoms with Crippen LogP contribution in [-0.2, 0) is 21.1 Å². The van der Waals surface area contributed by atoms with E-state index in [1.54, 1.807) is 18.2 Å². The van der Waals surface area contributed by atoms with E-state index in [2.05, 4.69) is 36.8 Å². The van der Waals surface area contributed by atoms with Crippen molar-refractivity contribution in [2.24, 2.45) is 23.3 Å². The van der Waals surface area contributed by atoms with E-state index in [9.17, 15) is 13.2 Å². The molecular formula is C39H58N6O3S. The number of carbonyl (C=O) groups excluding carboxylic acids is 1. The third-order valence-electron chi connectivity index (χ3n) is 10.3. The smallest absolute Gasteiger partial charge is 0.227 e. The number of allylic oxidation sites excluding steroid dienone is 1. The summed E-state index contributed by atoms with van der Waals surface area (Å²) < 4.78 is 29.3. The number of nitrogens with one attached hydrogen (secondary N) is 1. The second-order valence-electron chi connectivity index (χ2n) is 14.8. The van der Waals surface area contributed by atoms with Gasteiger partial charge < -0.3 is 26.2 Å². The third kappa shape index (κ3) is 9.07. The van der Waals surface area contributed by atoms with Crippen LogP contribution in [0.4, 0.5) is 0 Å². The number of piperazine rings is 1. The molecule has 2 aromatic carbocycles. The first-order valence-electron chi connectivity index (χ1n) is 17.8. The summed E-state index contributed by atoms with van der Waals surface area (Å²) >= 11 is 0. The van der Waals surface area contributed by atoms with E-state index >= 15 is 0 Å². The zero-order chi connectivity index (χ0) is 36.2. The van der Waals surface area contributed by atoms with Crippen LogP contribution in [0.25, 0.3) is 0 Å². The van der Waals surface area contributed by atoms with Crippen LogP contribution in [-0.4, -0.2) is 79.9 Å². The van der Waals surface area contributed by atoms with Crippen molar-refractivity contribution in [3.63, 3.8) is 0 Å². The van der Waals surface area contributed by atoms with Crippen molar-refractivity contribution < 1.29 is 13.2 Å². The highest BCUT2D eigenvalue weighted by Crippen LogP contribution is 2.37. The molecule has 1 atom stereocenters. The van der Waals surface area contributed by atoms with Crippen molar-refractivity contribution in [3.05, 3.63) is 88.9 Å². The zero-order valence-corrected chi connectivity index (χ0v) is 31.3. The van der Waals surface area contributed by atoms with E-state index in [-0.39, 0.29) is 41.7 Å². The lowest BCUT2D eigenvalue weighted by Crippen LogP contribution is -2.51. The number of rotatable bonds is 13. The topological polar surface area (TPSA) is 137 Å². The Balaban J connectivity index is 1.61. The molecule has 9 nitrogen and oxygen atoms in total. The molecule has 0 radical (unpaired) electrons. The number of sulfone groups is 1. The van der Waals surface area contributed by atoms with Crippen LogP contribution in [0.1, 0.15) is 100.0 Å². The number of piperidine rings is 1. The summed E-state index contributed by atoms with van der Waals surface area (Å²) in [5.41, 5.74) is 16.9. The maximum absolute atomic E-state index is 14.6. The summed E-state index contributed by atoms with van der Waals surface area (Å²) in [4.78, 5) is 21.0. The highest BCUT2D eigenvalue weighted by Gasteiger charge is 2.36. The van der Waals surface area contributed by atoms with Gasteiger partial charge in [0.1, 0.15) is 5.84 Å². The van der Waals surface area contributed by atoms with Gasteiger partial charge in [-0.25, -0.2) is 8.42 Å². The van der Waals surface area contributed by atoms with Gasteiger partial charge in [0, 0.05) is 56.4 Å². The lowest BCUT2D eigenvalue weighted by Gasteiger charge is -2.42. The molecule has 4 rings (SSSR count). The number of carbonyl (C=O) groups is 1. The molecule has 2 aliphatic heterocycles. The monoisotopic (exact) mass is 690 g/mol. The molecule has 2 heterocycles. The van der Waals surface area contributed by atoms with Gasteiger partial charge in [0.2, 0.25) is 5.91 Å². The van der Waals surface area contributed by atoms with Gasteiger partial charge in [-0.05, 0) is 65.3 Å².